The number of aliphatic carboxylic acids is 1. The van der Waals surface area contributed by atoms with Crippen molar-refractivity contribution in [2.75, 3.05) is 20.2 Å². The summed E-state index contributed by atoms with van der Waals surface area (Å²) in [6.07, 6.45) is -3.76. The molecule has 1 atom stereocenters. The molecule has 1 unspecified atom stereocenters. The van der Waals surface area contributed by atoms with Gasteiger partial charge in [-0.2, -0.15) is 13.2 Å². The van der Waals surface area contributed by atoms with E-state index in [0.29, 0.717) is 23.3 Å². The summed E-state index contributed by atoms with van der Waals surface area (Å²) >= 11 is 6.46. The number of ether oxygens (including phenoxy) is 1. The van der Waals surface area contributed by atoms with E-state index in [0.717, 1.165) is 22.1 Å². The van der Waals surface area contributed by atoms with Crippen molar-refractivity contribution in [3.05, 3.63) is 59.0 Å². The molecular weight excluding hydrogens is 504 g/mol. The number of carbonyl (C=O) groups is 1. The average molecular weight is 523 g/mol. The third-order valence-electron chi connectivity index (χ3n) is 5.29. The van der Waals surface area contributed by atoms with E-state index in [1.54, 1.807) is 12.1 Å². The lowest BCUT2D eigenvalue weighted by Gasteiger charge is -2.22. The molecule has 0 fully saturated rings. The van der Waals surface area contributed by atoms with Crippen LogP contribution in [0.3, 0.4) is 0 Å². The normalized spacial score (nSPS) is 16.7. The van der Waals surface area contributed by atoms with E-state index < -0.39 is 32.9 Å². The number of rotatable bonds is 2. The Hall–Kier alpha value is -2.83. The first-order chi connectivity index (χ1) is 15.8. The van der Waals surface area contributed by atoms with Crippen molar-refractivity contribution in [3.63, 3.8) is 0 Å². The van der Waals surface area contributed by atoms with Gasteiger partial charge >= 0.3 is 12.1 Å². The SMILES string of the molecule is CC1c2c(ccc3c2c(Cl)cn3S(=O)(=O)c2ccccc2F)OCCN1C.O=C(O)C(F)(F)F. The summed E-state index contributed by atoms with van der Waals surface area (Å²) in [4.78, 5) is 10.6. The molecule has 1 aliphatic rings. The van der Waals surface area contributed by atoms with Crippen molar-refractivity contribution in [2.45, 2.75) is 24.0 Å². The number of carboxylic acids is 1. The van der Waals surface area contributed by atoms with Gasteiger partial charge in [0.2, 0.25) is 0 Å². The van der Waals surface area contributed by atoms with E-state index in [1.807, 2.05) is 14.0 Å². The first kappa shape index (κ1) is 25.8. The van der Waals surface area contributed by atoms with Gasteiger partial charge in [-0.05, 0) is 38.2 Å². The third kappa shape index (κ3) is 4.84. The molecule has 1 N–H and O–H groups in total. The maximum absolute atomic E-state index is 14.2. The topological polar surface area (TPSA) is 88.8 Å². The Bertz CT molecular complexity index is 1340. The van der Waals surface area contributed by atoms with Crippen LogP contribution in [0, 0.1) is 5.82 Å². The van der Waals surface area contributed by atoms with Crippen LogP contribution in [0.5, 0.6) is 5.75 Å². The smallest absolute Gasteiger partial charge is 0.490 e. The highest BCUT2D eigenvalue weighted by Gasteiger charge is 2.38. The van der Waals surface area contributed by atoms with Gasteiger partial charge in [0.25, 0.3) is 10.0 Å². The number of aromatic nitrogens is 1. The van der Waals surface area contributed by atoms with Gasteiger partial charge in [-0.25, -0.2) is 21.6 Å². The zero-order valence-electron chi connectivity index (χ0n) is 17.8. The van der Waals surface area contributed by atoms with Crippen LogP contribution < -0.4 is 4.74 Å². The van der Waals surface area contributed by atoms with Crippen molar-refractivity contribution in [1.29, 1.82) is 0 Å². The van der Waals surface area contributed by atoms with Crippen LogP contribution in [0.15, 0.2) is 47.5 Å². The Kier molecular flexibility index (Phi) is 7.15. The Morgan fingerprint density at radius 3 is 2.41 bits per heavy atom. The standard InChI is InChI=1S/C19H18ClFN2O3S.C2HF3O2/c1-12-18-16(26-10-9-22(12)2)8-7-15-19(18)13(20)11-23(15)27(24,25)17-6-4-3-5-14(17)21;3-2(4,5)1(6)7/h3-8,11-12H,9-10H2,1-2H3;(H,6,7). The molecule has 0 saturated heterocycles. The van der Waals surface area contributed by atoms with Crippen LogP contribution in [0.25, 0.3) is 10.9 Å². The molecule has 0 bridgehead atoms. The first-order valence-electron chi connectivity index (χ1n) is 9.73. The quantitative estimate of drug-likeness (QED) is 0.491. The molecule has 1 aromatic heterocycles. The molecule has 0 aliphatic carbocycles. The second kappa shape index (κ2) is 9.43. The molecule has 4 rings (SSSR count). The zero-order chi connectivity index (χ0) is 25.4. The van der Waals surface area contributed by atoms with Gasteiger partial charge < -0.3 is 9.84 Å². The van der Waals surface area contributed by atoms with E-state index in [9.17, 15) is 26.0 Å². The average Bonchev–Trinajstić information content (AvgIpc) is 3.03. The lowest BCUT2D eigenvalue weighted by Crippen LogP contribution is -2.24. The van der Waals surface area contributed by atoms with Gasteiger partial charge in [0.1, 0.15) is 23.1 Å². The number of hydrogen-bond acceptors (Lipinski definition) is 5. The van der Waals surface area contributed by atoms with Crippen molar-refractivity contribution >= 4 is 38.5 Å². The van der Waals surface area contributed by atoms with Crippen molar-refractivity contribution in [3.8, 4) is 5.75 Å². The highest BCUT2D eigenvalue weighted by atomic mass is 35.5. The van der Waals surface area contributed by atoms with Crippen LogP contribution in [0.1, 0.15) is 18.5 Å². The summed E-state index contributed by atoms with van der Waals surface area (Å²) < 4.78 is 78.9. The van der Waals surface area contributed by atoms with Gasteiger partial charge in [0.05, 0.1) is 10.5 Å². The number of fused-ring (bicyclic) bond motifs is 3. The van der Waals surface area contributed by atoms with E-state index in [-0.39, 0.29) is 11.1 Å². The van der Waals surface area contributed by atoms with Crippen molar-refractivity contribution in [2.24, 2.45) is 0 Å². The summed E-state index contributed by atoms with van der Waals surface area (Å²) in [5.74, 6) is -2.88. The van der Waals surface area contributed by atoms with Gasteiger partial charge in [-0.1, -0.05) is 23.7 Å². The van der Waals surface area contributed by atoms with Crippen LogP contribution in [-0.4, -0.2) is 54.7 Å². The minimum atomic E-state index is -5.08. The largest absolute Gasteiger partial charge is 0.492 e. The number of halogens is 5. The molecule has 2 aromatic carbocycles. The van der Waals surface area contributed by atoms with E-state index in [4.69, 9.17) is 26.2 Å². The predicted octanol–water partition coefficient (Wildman–Crippen LogP) is 4.69. The lowest BCUT2D eigenvalue weighted by molar-refractivity contribution is -0.192. The van der Waals surface area contributed by atoms with Gasteiger partial charge in [0, 0.05) is 29.7 Å². The number of benzene rings is 2. The maximum atomic E-state index is 14.2. The molecule has 0 radical (unpaired) electrons. The van der Waals surface area contributed by atoms with Crippen molar-refractivity contribution < 1.29 is 40.6 Å². The number of hydrogen-bond donors (Lipinski definition) is 1. The Morgan fingerprint density at radius 1 is 1.21 bits per heavy atom. The molecule has 184 valence electrons. The number of nitrogens with zero attached hydrogens (tertiary/aromatic N) is 2. The number of alkyl halides is 3. The fourth-order valence-corrected chi connectivity index (χ4v) is 5.26. The van der Waals surface area contributed by atoms with E-state index >= 15 is 0 Å². The van der Waals surface area contributed by atoms with E-state index in [1.165, 1.54) is 24.4 Å². The van der Waals surface area contributed by atoms with Crippen LogP contribution in [-0.2, 0) is 14.8 Å². The van der Waals surface area contributed by atoms with Gasteiger partial charge in [-0.15, -0.1) is 0 Å². The van der Waals surface area contributed by atoms with E-state index in [2.05, 4.69) is 4.90 Å². The summed E-state index contributed by atoms with van der Waals surface area (Å²) in [6.45, 7) is 3.29. The molecular formula is C21H19ClF4N2O5S. The summed E-state index contributed by atoms with van der Waals surface area (Å²) in [6, 6.07) is 8.68. The summed E-state index contributed by atoms with van der Waals surface area (Å²) in [5, 5.41) is 8.02. The molecule has 7 nitrogen and oxygen atoms in total. The molecule has 34 heavy (non-hydrogen) atoms. The minimum Gasteiger partial charge on any atom is -0.492 e. The number of likely N-dealkylation sites (N-methyl/N-ethyl adjacent to an activating group) is 1. The Morgan fingerprint density at radius 2 is 1.82 bits per heavy atom. The fraction of sp³-hybridized carbons (Fsp3) is 0.286. The summed E-state index contributed by atoms with van der Waals surface area (Å²) in [5.41, 5.74) is 1.23. The zero-order valence-corrected chi connectivity index (χ0v) is 19.4. The molecule has 0 spiro atoms. The Labute approximate surface area is 197 Å². The molecule has 1 aliphatic heterocycles. The monoisotopic (exact) mass is 522 g/mol. The Balaban J connectivity index is 0.000000406. The fourth-order valence-electron chi connectivity index (χ4n) is 3.47. The molecule has 3 aromatic rings. The minimum absolute atomic E-state index is 0.0179. The van der Waals surface area contributed by atoms with Crippen LogP contribution >= 0.6 is 11.6 Å². The second-order valence-corrected chi connectivity index (χ2v) is 9.58. The third-order valence-corrected chi connectivity index (χ3v) is 7.28. The molecule has 2 heterocycles. The van der Waals surface area contributed by atoms with Gasteiger partial charge in [-0.3, -0.25) is 4.90 Å². The molecule has 13 heteroatoms. The van der Waals surface area contributed by atoms with Crippen molar-refractivity contribution in [1.82, 2.24) is 8.87 Å². The molecule has 0 saturated carbocycles. The summed E-state index contributed by atoms with van der Waals surface area (Å²) in [7, 11) is -2.16. The van der Waals surface area contributed by atoms with Crippen LogP contribution in [0.4, 0.5) is 17.6 Å². The van der Waals surface area contributed by atoms with Crippen LogP contribution in [0.2, 0.25) is 5.02 Å². The number of carboxylic acid groups (broad SMARTS) is 1. The first-order valence-corrected chi connectivity index (χ1v) is 11.5. The second-order valence-electron chi connectivity index (χ2n) is 7.39. The highest BCUT2D eigenvalue weighted by molar-refractivity contribution is 7.90. The molecule has 0 amide bonds. The highest BCUT2D eigenvalue weighted by Crippen LogP contribution is 2.42. The predicted molar refractivity (Wildman–Crippen MR) is 116 cm³/mol. The lowest BCUT2D eigenvalue weighted by atomic mass is 10.0. The van der Waals surface area contributed by atoms with Gasteiger partial charge in [0.15, 0.2) is 0 Å². The maximum Gasteiger partial charge on any atom is 0.490 e.